The van der Waals surface area contributed by atoms with Crippen LogP contribution in [-0.4, -0.2) is 20.7 Å². The normalized spacial score (nSPS) is 24.7. The lowest BCUT2D eigenvalue weighted by Gasteiger charge is -2.31. The fourth-order valence-electron chi connectivity index (χ4n) is 3.27. The standard InChI is InChI=1S/C17H27NO2S/c1-4-14-6-5-7-16(12-14)18-13(2)15-8-10-17(11-9-15)21(3,19)20/h8-11,13-14,16,18H,4-7,12H2,1-3H3. The Morgan fingerprint density at radius 1 is 1.24 bits per heavy atom. The van der Waals surface area contributed by atoms with Crippen molar-refractivity contribution in [2.24, 2.45) is 5.92 Å². The van der Waals surface area contributed by atoms with E-state index in [1.165, 1.54) is 38.4 Å². The van der Waals surface area contributed by atoms with Crippen molar-refractivity contribution in [2.75, 3.05) is 6.26 Å². The van der Waals surface area contributed by atoms with Crippen molar-refractivity contribution in [3.63, 3.8) is 0 Å². The van der Waals surface area contributed by atoms with Gasteiger partial charge < -0.3 is 5.32 Å². The highest BCUT2D eigenvalue weighted by molar-refractivity contribution is 7.90. The van der Waals surface area contributed by atoms with Gasteiger partial charge in [0.25, 0.3) is 0 Å². The third-order valence-electron chi connectivity index (χ3n) is 4.65. The molecule has 2 rings (SSSR count). The second-order valence-corrected chi connectivity index (χ2v) is 8.38. The van der Waals surface area contributed by atoms with Gasteiger partial charge in [0, 0.05) is 18.3 Å². The number of hydrogen-bond donors (Lipinski definition) is 1. The predicted molar refractivity (Wildman–Crippen MR) is 87.1 cm³/mol. The third kappa shape index (κ3) is 4.55. The molecule has 3 atom stereocenters. The zero-order valence-electron chi connectivity index (χ0n) is 13.3. The molecule has 1 aliphatic rings. The van der Waals surface area contributed by atoms with Crippen LogP contribution in [0.4, 0.5) is 0 Å². The van der Waals surface area contributed by atoms with Crippen LogP contribution in [0.15, 0.2) is 29.2 Å². The Morgan fingerprint density at radius 2 is 1.90 bits per heavy atom. The smallest absolute Gasteiger partial charge is 0.175 e. The molecule has 0 radical (unpaired) electrons. The second kappa shape index (κ2) is 6.93. The minimum atomic E-state index is -3.10. The van der Waals surface area contributed by atoms with Gasteiger partial charge in [0.2, 0.25) is 0 Å². The van der Waals surface area contributed by atoms with Crippen LogP contribution in [0.3, 0.4) is 0 Å². The topological polar surface area (TPSA) is 46.2 Å². The molecule has 0 spiro atoms. The van der Waals surface area contributed by atoms with Crippen LogP contribution in [0, 0.1) is 5.92 Å². The van der Waals surface area contributed by atoms with Crippen LogP contribution in [0.1, 0.15) is 57.6 Å². The Balaban J connectivity index is 1.98. The molecule has 0 aliphatic heterocycles. The van der Waals surface area contributed by atoms with Crippen LogP contribution in [0.2, 0.25) is 0 Å². The van der Waals surface area contributed by atoms with Gasteiger partial charge in [0.15, 0.2) is 9.84 Å². The first-order chi connectivity index (χ1) is 9.90. The van der Waals surface area contributed by atoms with Gasteiger partial charge in [-0.3, -0.25) is 0 Å². The van der Waals surface area contributed by atoms with Gasteiger partial charge in [-0.05, 0) is 43.4 Å². The number of rotatable bonds is 5. The average molecular weight is 309 g/mol. The maximum absolute atomic E-state index is 11.5. The van der Waals surface area contributed by atoms with E-state index >= 15 is 0 Å². The summed E-state index contributed by atoms with van der Waals surface area (Å²) >= 11 is 0. The summed E-state index contributed by atoms with van der Waals surface area (Å²) in [6.07, 6.45) is 7.72. The Bertz CT molecular complexity index is 551. The SMILES string of the molecule is CCC1CCCC(NC(C)c2ccc(S(C)(=O)=O)cc2)C1. The van der Waals surface area contributed by atoms with Crippen LogP contribution >= 0.6 is 0 Å². The lowest BCUT2D eigenvalue weighted by atomic mass is 9.84. The van der Waals surface area contributed by atoms with Gasteiger partial charge in [-0.1, -0.05) is 38.3 Å². The summed E-state index contributed by atoms with van der Waals surface area (Å²) in [5, 5.41) is 3.71. The third-order valence-corrected chi connectivity index (χ3v) is 5.78. The fraction of sp³-hybridized carbons (Fsp3) is 0.647. The maximum atomic E-state index is 11.5. The monoisotopic (exact) mass is 309 g/mol. The van der Waals surface area contributed by atoms with E-state index in [9.17, 15) is 8.42 Å². The summed E-state index contributed by atoms with van der Waals surface area (Å²) in [6, 6.07) is 8.12. The van der Waals surface area contributed by atoms with E-state index < -0.39 is 9.84 Å². The molecular formula is C17H27NO2S. The fourth-order valence-corrected chi connectivity index (χ4v) is 3.90. The summed E-state index contributed by atoms with van der Waals surface area (Å²) in [5.74, 6) is 0.857. The van der Waals surface area contributed by atoms with Gasteiger partial charge in [-0.15, -0.1) is 0 Å². The van der Waals surface area contributed by atoms with Gasteiger partial charge in [0.1, 0.15) is 0 Å². The average Bonchev–Trinajstić information content (AvgIpc) is 2.46. The van der Waals surface area contributed by atoms with E-state index in [0.717, 1.165) is 11.5 Å². The number of hydrogen-bond acceptors (Lipinski definition) is 3. The van der Waals surface area contributed by atoms with Crippen LogP contribution in [0.25, 0.3) is 0 Å². The van der Waals surface area contributed by atoms with E-state index in [4.69, 9.17) is 0 Å². The van der Waals surface area contributed by atoms with E-state index in [-0.39, 0.29) is 6.04 Å². The lowest BCUT2D eigenvalue weighted by Crippen LogP contribution is -2.35. The summed E-state index contributed by atoms with van der Waals surface area (Å²) < 4.78 is 23.0. The molecule has 1 fully saturated rings. The molecule has 21 heavy (non-hydrogen) atoms. The highest BCUT2D eigenvalue weighted by Crippen LogP contribution is 2.28. The van der Waals surface area contributed by atoms with E-state index in [1.807, 2.05) is 12.1 Å². The quantitative estimate of drug-likeness (QED) is 0.902. The van der Waals surface area contributed by atoms with Gasteiger partial charge >= 0.3 is 0 Å². The molecule has 1 N–H and O–H groups in total. The summed E-state index contributed by atoms with van der Waals surface area (Å²) in [5.41, 5.74) is 1.15. The molecule has 118 valence electrons. The first-order valence-corrected chi connectivity index (χ1v) is 9.85. The van der Waals surface area contributed by atoms with Crippen LogP contribution < -0.4 is 5.32 Å². The Labute approximate surface area is 129 Å². The molecular weight excluding hydrogens is 282 g/mol. The number of benzene rings is 1. The Morgan fingerprint density at radius 3 is 2.48 bits per heavy atom. The molecule has 3 nitrogen and oxygen atoms in total. The number of sulfone groups is 1. The molecule has 1 aromatic rings. The second-order valence-electron chi connectivity index (χ2n) is 6.37. The van der Waals surface area contributed by atoms with Gasteiger partial charge in [-0.2, -0.15) is 0 Å². The zero-order chi connectivity index (χ0) is 15.5. The molecule has 3 unspecified atom stereocenters. The summed E-state index contributed by atoms with van der Waals surface area (Å²) in [6.45, 7) is 4.44. The van der Waals surface area contributed by atoms with Crippen molar-refractivity contribution in [1.82, 2.24) is 5.32 Å². The largest absolute Gasteiger partial charge is 0.307 e. The highest BCUT2D eigenvalue weighted by atomic mass is 32.2. The van der Waals surface area contributed by atoms with Gasteiger partial charge in [0.05, 0.1) is 4.90 Å². The van der Waals surface area contributed by atoms with E-state index in [1.54, 1.807) is 12.1 Å². The van der Waals surface area contributed by atoms with Crippen molar-refractivity contribution in [3.8, 4) is 0 Å². The minimum absolute atomic E-state index is 0.263. The molecule has 4 heteroatoms. The molecule has 1 aromatic carbocycles. The Hall–Kier alpha value is -0.870. The molecule has 1 aliphatic carbocycles. The zero-order valence-corrected chi connectivity index (χ0v) is 14.1. The molecule has 0 aromatic heterocycles. The molecule has 0 heterocycles. The minimum Gasteiger partial charge on any atom is -0.307 e. The van der Waals surface area contributed by atoms with Crippen molar-refractivity contribution < 1.29 is 8.42 Å². The number of nitrogens with one attached hydrogen (secondary N) is 1. The van der Waals surface area contributed by atoms with Crippen molar-refractivity contribution in [2.45, 2.75) is 62.9 Å². The lowest BCUT2D eigenvalue weighted by molar-refractivity contribution is 0.266. The first-order valence-electron chi connectivity index (χ1n) is 7.96. The van der Waals surface area contributed by atoms with Gasteiger partial charge in [-0.25, -0.2) is 8.42 Å². The maximum Gasteiger partial charge on any atom is 0.175 e. The summed E-state index contributed by atoms with van der Waals surface area (Å²) in [4.78, 5) is 0.391. The van der Waals surface area contributed by atoms with E-state index in [2.05, 4.69) is 19.2 Å². The van der Waals surface area contributed by atoms with Crippen LogP contribution in [0.5, 0.6) is 0 Å². The van der Waals surface area contributed by atoms with Crippen molar-refractivity contribution in [3.05, 3.63) is 29.8 Å². The van der Waals surface area contributed by atoms with Crippen LogP contribution in [-0.2, 0) is 9.84 Å². The molecule has 0 saturated heterocycles. The molecule has 0 bridgehead atoms. The van der Waals surface area contributed by atoms with Crippen molar-refractivity contribution in [1.29, 1.82) is 0 Å². The summed E-state index contributed by atoms with van der Waals surface area (Å²) in [7, 11) is -3.10. The highest BCUT2D eigenvalue weighted by Gasteiger charge is 2.22. The molecule has 1 saturated carbocycles. The molecule has 0 amide bonds. The Kier molecular flexibility index (Phi) is 5.44. The van der Waals surface area contributed by atoms with Crippen molar-refractivity contribution >= 4 is 9.84 Å². The van der Waals surface area contributed by atoms with E-state index in [0.29, 0.717) is 10.9 Å². The first kappa shape index (κ1) is 16.5. The predicted octanol–water partition coefficient (Wildman–Crippen LogP) is 3.71.